The molecule has 0 unspecified atom stereocenters. The van der Waals surface area contributed by atoms with Gasteiger partial charge in [0, 0.05) is 13.5 Å². The molecule has 0 spiro atoms. The molecule has 0 aromatic rings. The maximum Gasteiger partial charge on any atom is 0.300 e. The van der Waals surface area contributed by atoms with Crippen LogP contribution >= 0.6 is 0 Å². The molecule has 5 N–H and O–H groups in total. The lowest BCUT2D eigenvalue weighted by Gasteiger charge is -1.96. The van der Waals surface area contributed by atoms with E-state index in [0.29, 0.717) is 0 Å². The molecule has 6 nitrogen and oxygen atoms in total. The van der Waals surface area contributed by atoms with E-state index in [1.165, 1.54) is 0 Å². The average molecular weight is 198 g/mol. The van der Waals surface area contributed by atoms with E-state index in [1.54, 1.807) is 6.92 Å². The maximum atomic E-state index is 9.00. The van der Waals surface area contributed by atoms with Gasteiger partial charge in [0.15, 0.2) is 0 Å². The quantitative estimate of drug-likeness (QED) is 0.365. The Hall–Kier alpha value is -0.690. The van der Waals surface area contributed by atoms with Gasteiger partial charge < -0.3 is 25.5 Å². The summed E-state index contributed by atoms with van der Waals surface area (Å²) >= 11 is 0. The molecule has 0 bridgehead atoms. The number of hydrogen-bond donors (Lipinski definition) is 5. The van der Waals surface area contributed by atoms with Crippen LogP contribution in [-0.2, 0) is 4.79 Å². The highest BCUT2D eigenvalue weighted by Gasteiger charge is 1.93. The van der Waals surface area contributed by atoms with Crippen molar-refractivity contribution in [2.75, 3.05) is 19.8 Å². The zero-order valence-corrected chi connectivity index (χ0v) is 7.84. The van der Waals surface area contributed by atoms with Crippen molar-refractivity contribution in [2.24, 2.45) is 0 Å². The van der Waals surface area contributed by atoms with Crippen molar-refractivity contribution in [1.82, 2.24) is 0 Å². The molecule has 6 heteroatoms. The lowest BCUT2D eigenvalue weighted by molar-refractivity contribution is -0.134. The predicted molar refractivity (Wildman–Crippen MR) is 46.2 cm³/mol. The van der Waals surface area contributed by atoms with Gasteiger partial charge in [0.1, 0.15) is 6.10 Å². The summed E-state index contributed by atoms with van der Waals surface area (Å²) in [5.41, 5.74) is 0. The van der Waals surface area contributed by atoms with E-state index >= 15 is 0 Å². The van der Waals surface area contributed by atoms with Crippen molar-refractivity contribution in [1.29, 1.82) is 0 Å². The molecule has 0 aliphatic heterocycles. The normalized spacial score (nSPS) is 7.92. The Kier molecular flexibility index (Phi) is 24.3. The molecule has 82 valence electrons. The third kappa shape index (κ3) is 89.5. The van der Waals surface area contributed by atoms with Gasteiger partial charge in [0.25, 0.3) is 5.97 Å². The van der Waals surface area contributed by atoms with Gasteiger partial charge in [-0.1, -0.05) is 0 Å². The van der Waals surface area contributed by atoms with Crippen molar-refractivity contribution < 1.29 is 30.3 Å². The Morgan fingerprint density at radius 2 is 1.38 bits per heavy atom. The lowest BCUT2D eigenvalue weighted by Crippen LogP contribution is -2.15. The van der Waals surface area contributed by atoms with E-state index in [0.717, 1.165) is 6.92 Å². The number of carboxylic acids is 1. The number of hydrogen-bond acceptors (Lipinski definition) is 5. The largest absolute Gasteiger partial charge is 0.481 e. The average Bonchev–Trinajstić information content (AvgIpc) is 2.03. The SMILES string of the molecule is CC(=O)O.CCO.OCC(O)CO. The fraction of sp³-hybridized carbons (Fsp3) is 0.857. The van der Waals surface area contributed by atoms with Gasteiger partial charge in [-0.3, -0.25) is 4.79 Å². The summed E-state index contributed by atoms with van der Waals surface area (Å²) in [6.07, 6.45) is -0.954. The first-order valence-corrected chi connectivity index (χ1v) is 3.66. The fourth-order valence-electron chi connectivity index (χ4n) is 0.0577. The maximum absolute atomic E-state index is 9.00. The lowest BCUT2D eigenvalue weighted by atomic mass is 10.4. The van der Waals surface area contributed by atoms with Crippen molar-refractivity contribution >= 4 is 5.97 Å². The Labute approximate surface area is 77.1 Å². The molecule has 0 fully saturated rings. The molecule has 13 heavy (non-hydrogen) atoms. The molecular weight excluding hydrogens is 180 g/mol. The van der Waals surface area contributed by atoms with Gasteiger partial charge in [-0.25, -0.2) is 0 Å². The van der Waals surface area contributed by atoms with Crippen LogP contribution in [0.4, 0.5) is 0 Å². The second kappa shape index (κ2) is 17.4. The number of aliphatic hydroxyl groups is 4. The number of rotatable bonds is 2. The van der Waals surface area contributed by atoms with E-state index in [4.69, 9.17) is 30.3 Å². The number of carbonyl (C=O) groups is 1. The van der Waals surface area contributed by atoms with Crippen LogP contribution in [0, 0.1) is 0 Å². The fourth-order valence-corrected chi connectivity index (χ4v) is 0.0577. The van der Waals surface area contributed by atoms with Crippen LogP contribution < -0.4 is 0 Å². The third-order valence-corrected chi connectivity index (χ3v) is 0.421. The Morgan fingerprint density at radius 3 is 1.38 bits per heavy atom. The van der Waals surface area contributed by atoms with Crippen LogP contribution in [0.2, 0.25) is 0 Å². The molecule has 0 aromatic carbocycles. The smallest absolute Gasteiger partial charge is 0.300 e. The molecule has 0 aromatic heterocycles. The van der Waals surface area contributed by atoms with Crippen molar-refractivity contribution in [3.05, 3.63) is 0 Å². The summed E-state index contributed by atoms with van der Waals surface area (Å²) in [6, 6.07) is 0. The molecule has 0 aliphatic rings. The molecule has 0 heterocycles. The molecule has 0 saturated carbocycles. The van der Waals surface area contributed by atoms with Crippen LogP contribution in [0.1, 0.15) is 13.8 Å². The molecule has 0 atom stereocenters. The van der Waals surface area contributed by atoms with E-state index < -0.39 is 12.1 Å². The second-order valence-electron chi connectivity index (χ2n) is 1.85. The monoisotopic (exact) mass is 198 g/mol. The summed E-state index contributed by atoms with van der Waals surface area (Å²) < 4.78 is 0. The first kappa shape index (κ1) is 18.2. The van der Waals surface area contributed by atoms with Crippen LogP contribution in [0.15, 0.2) is 0 Å². The Bertz CT molecular complexity index is 87.0. The molecule has 0 saturated heterocycles. The number of aliphatic hydroxyl groups excluding tert-OH is 4. The van der Waals surface area contributed by atoms with Gasteiger partial charge in [0.05, 0.1) is 13.2 Å². The topological polar surface area (TPSA) is 118 Å². The van der Waals surface area contributed by atoms with E-state index in [9.17, 15) is 0 Å². The summed E-state index contributed by atoms with van der Waals surface area (Å²) in [5.74, 6) is -0.833. The van der Waals surface area contributed by atoms with Crippen LogP contribution in [0.3, 0.4) is 0 Å². The highest BCUT2D eigenvalue weighted by Crippen LogP contribution is 1.71. The van der Waals surface area contributed by atoms with Gasteiger partial charge >= 0.3 is 0 Å². The van der Waals surface area contributed by atoms with Crippen molar-refractivity contribution in [2.45, 2.75) is 20.0 Å². The van der Waals surface area contributed by atoms with Gasteiger partial charge in [-0.15, -0.1) is 0 Å². The molecule has 0 amide bonds. The van der Waals surface area contributed by atoms with Gasteiger partial charge in [-0.2, -0.15) is 0 Å². The minimum absolute atomic E-state index is 0.250. The highest BCUT2D eigenvalue weighted by atomic mass is 16.4. The predicted octanol–water partition coefficient (Wildman–Crippen LogP) is -1.58. The van der Waals surface area contributed by atoms with Crippen LogP contribution in [0.5, 0.6) is 0 Å². The minimum Gasteiger partial charge on any atom is -0.481 e. The second-order valence-corrected chi connectivity index (χ2v) is 1.85. The first-order chi connectivity index (χ1) is 5.95. The molecular formula is C7H18O6. The summed E-state index contributed by atoms with van der Waals surface area (Å²) in [4.78, 5) is 9.00. The van der Waals surface area contributed by atoms with E-state index in [2.05, 4.69) is 0 Å². The Balaban J connectivity index is -0.000000125. The number of aliphatic carboxylic acids is 1. The van der Waals surface area contributed by atoms with Crippen molar-refractivity contribution in [3.63, 3.8) is 0 Å². The third-order valence-electron chi connectivity index (χ3n) is 0.421. The standard InChI is InChI=1S/C3H8O3.C2H4O2.C2H6O/c4-1-3(6)2-5;1-2(3)4;1-2-3/h3-6H,1-2H2;1H3,(H,3,4);3H,2H2,1H3. The minimum atomic E-state index is -0.954. The van der Waals surface area contributed by atoms with Crippen LogP contribution in [-0.4, -0.2) is 57.4 Å². The number of carboxylic acid groups (broad SMARTS) is 1. The summed E-state index contributed by atoms with van der Waals surface area (Å²) in [6.45, 7) is 2.28. The summed E-state index contributed by atoms with van der Waals surface area (Å²) in [5, 5.41) is 39.0. The zero-order chi connectivity index (χ0) is 11.3. The molecule has 0 radical (unpaired) electrons. The Morgan fingerprint density at radius 1 is 1.23 bits per heavy atom. The zero-order valence-electron chi connectivity index (χ0n) is 7.84. The van der Waals surface area contributed by atoms with Gasteiger partial charge in [-0.05, 0) is 6.92 Å². The molecule has 0 aliphatic carbocycles. The van der Waals surface area contributed by atoms with Crippen LogP contribution in [0.25, 0.3) is 0 Å². The first-order valence-electron chi connectivity index (χ1n) is 3.66. The highest BCUT2D eigenvalue weighted by molar-refractivity contribution is 5.62. The summed E-state index contributed by atoms with van der Waals surface area (Å²) in [7, 11) is 0. The van der Waals surface area contributed by atoms with Crippen molar-refractivity contribution in [3.8, 4) is 0 Å². The van der Waals surface area contributed by atoms with E-state index in [-0.39, 0.29) is 19.8 Å². The molecule has 0 rings (SSSR count). The van der Waals surface area contributed by atoms with Gasteiger partial charge in [0.2, 0.25) is 0 Å². The van der Waals surface area contributed by atoms with E-state index in [1.807, 2.05) is 0 Å².